The van der Waals surface area contributed by atoms with Gasteiger partial charge in [0.1, 0.15) is 0 Å². The molecule has 2 heterocycles. The van der Waals surface area contributed by atoms with E-state index in [0.717, 1.165) is 0 Å². The Bertz CT molecular complexity index is 3240. The molecular formula is C55H33NS2. The number of rotatable bonds is 3. The zero-order valence-electron chi connectivity index (χ0n) is 31.3. The fraction of sp³-hybridized carbons (Fsp3) is 0.0182. The monoisotopic (exact) mass is 771 g/mol. The predicted octanol–water partition coefficient (Wildman–Crippen LogP) is 15.7. The van der Waals surface area contributed by atoms with Gasteiger partial charge in [-0.25, -0.2) is 0 Å². The molecule has 0 bridgehead atoms. The Labute approximate surface area is 345 Å². The molecule has 0 radical (unpaired) electrons. The summed E-state index contributed by atoms with van der Waals surface area (Å²) in [4.78, 5) is 5.05. The molecule has 1 aromatic heterocycles. The van der Waals surface area contributed by atoms with Gasteiger partial charge in [0.2, 0.25) is 0 Å². The molecule has 2 aliphatic carbocycles. The smallest absolute Gasteiger partial charge is 0.0726 e. The molecule has 0 saturated heterocycles. The first-order chi connectivity index (χ1) is 28.8. The van der Waals surface area contributed by atoms with Gasteiger partial charge in [-0.05, 0) is 92.0 Å². The fourth-order valence-electron chi connectivity index (χ4n) is 10.3. The van der Waals surface area contributed by atoms with Gasteiger partial charge in [-0.15, -0.1) is 11.3 Å². The molecule has 0 N–H and O–H groups in total. The van der Waals surface area contributed by atoms with Crippen LogP contribution in [0.4, 0.5) is 17.1 Å². The average molecular weight is 772 g/mol. The Morgan fingerprint density at radius 3 is 1.59 bits per heavy atom. The summed E-state index contributed by atoms with van der Waals surface area (Å²) in [6, 6.07) is 74.8. The third-order valence-corrected chi connectivity index (χ3v) is 15.0. The molecule has 3 aliphatic rings. The molecule has 13 rings (SSSR count). The minimum atomic E-state index is -0.456. The Morgan fingerprint density at radius 2 is 0.914 bits per heavy atom. The lowest BCUT2D eigenvalue weighted by atomic mass is 9.70. The molecule has 3 heteroatoms. The van der Waals surface area contributed by atoms with E-state index in [1.165, 1.54) is 114 Å². The van der Waals surface area contributed by atoms with Gasteiger partial charge >= 0.3 is 0 Å². The van der Waals surface area contributed by atoms with Crippen molar-refractivity contribution in [3.05, 3.63) is 222 Å². The quantitative estimate of drug-likeness (QED) is 0.176. The van der Waals surface area contributed by atoms with E-state index in [4.69, 9.17) is 0 Å². The van der Waals surface area contributed by atoms with E-state index >= 15 is 0 Å². The number of benzene rings is 9. The van der Waals surface area contributed by atoms with Crippen molar-refractivity contribution in [3.63, 3.8) is 0 Å². The van der Waals surface area contributed by atoms with Crippen LogP contribution in [0, 0.1) is 0 Å². The molecule has 1 nitrogen and oxygen atoms in total. The van der Waals surface area contributed by atoms with Crippen molar-refractivity contribution >= 4 is 60.3 Å². The Kier molecular flexibility index (Phi) is 6.81. The predicted molar refractivity (Wildman–Crippen MR) is 245 cm³/mol. The summed E-state index contributed by atoms with van der Waals surface area (Å²) in [6.07, 6.45) is 0. The van der Waals surface area contributed by atoms with E-state index in [1.54, 1.807) is 0 Å². The van der Waals surface area contributed by atoms with Crippen molar-refractivity contribution in [2.75, 3.05) is 4.90 Å². The van der Waals surface area contributed by atoms with Crippen molar-refractivity contribution < 1.29 is 0 Å². The molecule has 0 saturated carbocycles. The maximum atomic E-state index is 2.55. The molecule has 0 amide bonds. The van der Waals surface area contributed by atoms with Gasteiger partial charge in [0.25, 0.3) is 0 Å². The lowest BCUT2D eigenvalue weighted by Gasteiger charge is -2.35. The van der Waals surface area contributed by atoms with Gasteiger partial charge in [-0.1, -0.05) is 176 Å². The lowest BCUT2D eigenvalue weighted by molar-refractivity contribution is 0.794. The van der Waals surface area contributed by atoms with Gasteiger partial charge in [0.05, 0.1) is 22.5 Å². The van der Waals surface area contributed by atoms with Gasteiger partial charge in [-0.3, -0.25) is 0 Å². The largest absolute Gasteiger partial charge is 0.308 e. The molecule has 1 spiro atoms. The van der Waals surface area contributed by atoms with Crippen LogP contribution in [0.1, 0.15) is 22.3 Å². The zero-order valence-corrected chi connectivity index (χ0v) is 32.9. The second kappa shape index (κ2) is 12.2. The highest BCUT2D eigenvalue weighted by atomic mass is 32.2. The number of anilines is 3. The third-order valence-electron chi connectivity index (χ3n) is 12.7. The Hall–Kier alpha value is -6.65. The number of hydrogen-bond donors (Lipinski definition) is 0. The first-order valence-corrected chi connectivity index (χ1v) is 21.6. The third kappa shape index (κ3) is 4.32. The molecule has 10 aromatic rings. The van der Waals surface area contributed by atoms with Crippen LogP contribution >= 0.6 is 23.1 Å². The summed E-state index contributed by atoms with van der Waals surface area (Å²) in [5.41, 5.74) is 18.9. The number of thiophene rings is 1. The topological polar surface area (TPSA) is 3.24 Å². The molecule has 58 heavy (non-hydrogen) atoms. The lowest BCUT2D eigenvalue weighted by Crippen LogP contribution is -2.26. The number of hydrogen-bond acceptors (Lipinski definition) is 3. The summed E-state index contributed by atoms with van der Waals surface area (Å²) in [5.74, 6) is 0. The van der Waals surface area contributed by atoms with Crippen LogP contribution in [0.15, 0.2) is 210 Å². The van der Waals surface area contributed by atoms with Crippen LogP contribution in [0.25, 0.3) is 64.7 Å². The van der Waals surface area contributed by atoms with Crippen molar-refractivity contribution in [1.29, 1.82) is 0 Å². The second-order valence-electron chi connectivity index (χ2n) is 15.5. The minimum Gasteiger partial charge on any atom is -0.308 e. The molecule has 1 atom stereocenters. The van der Waals surface area contributed by atoms with Gasteiger partial charge in [0, 0.05) is 41.1 Å². The summed E-state index contributed by atoms with van der Waals surface area (Å²) in [7, 11) is 0. The van der Waals surface area contributed by atoms with Crippen LogP contribution < -0.4 is 4.90 Å². The Morgan fingerprint density at radius 1 is 0.362 bits per heavy atom. The SMILES string of the molecule is c1ccc(-c2ccc3c(c2)Sc2cc(-c4ccccc4)ccc2N3c2cccc3c2-c2ccccc2C32c3ccccc3-c3c2ccc2c3sc3ccccc32)cc1. The molecule has 1 aliphatic heterocycles. The van der Waals surface area contributed by atoms with E-state index < -0.39 is 5.41 Å². The maximum absolute atomic E-state index is 2.55. The first kappa shape index (κ1) is 32.4. The fourth-order valence-corrected chi connectivity index (χ4v) is 12.7. The number of fused-ring (bicyclic) bond motifs is 16. The summed E-state index contributed by atoms with van der Waals surface area (Å²) < 4.78 is 2.72. The highest BCUT2D eigenvalue weighted by Gasteiger charge is 2.53. The van der Waals surface area contributed by atoms with E-state index in [1.807, 2.05) is 23.1 Å². The van der Waals surface area contributed by atoms with Gasteiger partial charge < -0.3 is 4.90 Å². The molecule has 9 aromatic carbocycles. The molecule has 0 fully saturated rings. The normalized spacial score (nSPS) is 15.6. The van der Waals surface area contributed by atoms with E-state index in [9.17, 15) is 0 Å². The minimum absolute atomic E-state index is 0.456. The summed E-state index contributed by atoms with van der Waals surface area (Å²) in [6.45, 7) is 0. The highest BCUT2D eigenvalue weighted by Crippen LogP contribution is 2.67. The number of nitrogens with zero attached hydrogens (tertiary/aromatic N) is 1. The van der Waals surface area contributed by atoms with Gasteiger partial charge in [-0.2, -0.15) is 0 Å². The van der Waals surface area contributed by atoms with Crippen molar-refractivity contribution in [2.45, 2.75) is 15.2 Å². The molecule has 1 unspecified atom stereocenters. The van der Waals surface area contributed by atoms with Crippen molar-refractivity contribution in [1.82, 2.24) is 0 Å². The second-order valence-corrected chi connectivity index (χ2v) is 17.7. The first-order valence-electron chi connectivity index (χ1n) is 19.9. The van der Waals surface area contributed by atoms with Crippen LogP contribution in [0.2, 0.25) is 0 Å². The maximum Gasteiger partial charge on any atom is 0.0726 e. The van der Waals surface area contributed by atoms with E-state index in [2.05, 4.69) is 205 Å². The van der Waals surface area contributed by atoms with Crippen molar-refractivity contribution in [2.24, 2.45) is 0 Å². The summed E-state index contributed by atoms with van der Waals surface area (Å²) in [5, 5.41) is 2.68. The average Bonchev–Trinajstić information content (AvgIpc) is 3.93. The van der Waals surface area contributed by atoms with Crippen LogP contribution in [0.5, 0.6) is 0 Å². The summed E-state index contributed by atoms with van der Waals surface area (Å²) >= 11 is 3.81. The van der Waals surface area contributed by atoms with Crippen LogP contribution in [0.3, 0.4) is 0 Å². The van der Waals surface area contributed by atoms with Gasteiger partial charge in [0.15, 0.2) is 0 Å². The van der Waals surface area contributed by atoms with Crippen molar-refractivity contribution in [3.8, 4) is 44.5 Å². The van der Waals surface area contributed by atoms with E-state index in [0.29, 0.717) is 0 Å². The molecule has 270 valence electrons. The van der Waals surface area contributed by atoms with E-state index in [-0.39, 0.29) is 0 Å². The zero-order chi connectivity index (χ0) is 38.0. The standard InChI is InChI=1S/C55H33NS2/c1-3-14-34(15-4-1)36-26-30-46-50(32-36)57-51-33-37(35-16-5-2-6-17-35)27-31-47(51)56(46)48-24-13-23-44-52(48)40-19-7-10-21-42(40)55(44)43-22-11-8-20-41(43)53-45(55)29-28-39-38-18-9-12-25-49(38)58-54(39)53/h1-33H. The Balaban J connectivity index is 1.09. The highest BCUT2D eigenvalue weighted by molar-refractivity contribution is 7.99. The van der Waals surface area contributed by atoms with Crippen LogP contribution in [-0.4, -0.2) is 0 Å². The van der Waals surface area contributed by atoms with Crippen LogP contribution in [-0.2, 0) is 5.41 Å². The molecular weight excluding hydrogens is 739 g/mol.